The van der Waals surface area contributed by atoms with Gasteiger partial charge in [0.2, 0.25) is 0 Å². The summed E-state index contributed by atoms with van der Waals surface area (Å²) in [5, 5.41) is 0. The summed E-state index contributed by atoms with van der Waals surface area (Å²) < 4.78 is 38.8. The zero-order valence-electron chi connectivity index (χ0n) is 10.5. The highest BCUT2D eigenvalue weighted by atomic mass is 79.9. The number of piperidine rings is 1. The van der Waals surface area contributed by atoms with Crippen LogP contribution in [-0.4, -0.2) is 19.1 Å². The van der Waals surface area contributed by atoms with Crippen LogP contribution in [0.1, 0.15) is 18.9 Å². The van der Waals surface area contributed by atoms with Crippen LogP contribution in [0.4, 0.5) is 18.9 Å². The zero-order valence-corrected chi connectivity index (χ0v) is 12.1. The molecule has 0 aliphatic carbocycles. The monoisotopic (exact) mass is 336 g/mol. The van der Waals surface area contributed by atoms with Crippen LogP contribution in [0.3, 0.4) is 0 Å². The topological polar surface area (TPSA) is 29.3 Å². The zero-order chi connectivity index (χ0) is 14.2. The van der Waals surface area contributed by atoms with Gasteiger partial charge in [0.15, 0.2) is 0 Å². The molecule has 2 nitrogen and oxygen atoms in total. The van der Waals surface area contributed by atoms with Gasteiger partial charge < -0.3 is 10.6 Å². The van der Waals surface area contributed by atoms with Crippen molar-refractivity contribution in [2.45, 2.75) is 25.6 Å². The minimum Gasteiger partial charge on any atom is -0.371 e. The number of anilines is 1. The number of alkyl halides is 3. The highest BCUT2D eigenvalue weighted by Crippen LogP contribution is 2.35. The van der Waals surface area contributed by atoms with Gasteiger partial charge in [0.05, 0.1) is 5.56 Å². The second kappa shape index (κ2) is 5.32. The molecule has 2 atom stereocenters. The Labute approximate surface area is 118 Å². The maximum absolute atomic E-state index is 12.8. The van der Waals surface area contributed by atoms with Gasteiger partial charge in [-0.3, -0.25) is 0 Å². The molecule has 1 aromatic carbocycles. The summed E-state index contributed by atoms with van der Waals surface area (Å²) in [7, 11) is 0. The molecule has 0 saturated carbocycles. The molecule has 1 fully saturated rings. The van der Waals surface area contributed by atoms with Gasteiger partial charge in [-0.25, -0.2) is 0 Å². The average Bonchev–Trinajstić information content (AvgIpc) is 2.31. The van der Waals surface area contributed by atoms with Crippen LogP contribution in [-0.2, 0) is 6.18 Å². The molecule has 1 heterocycles. The van der Waals surface area contributed by atoms with Gasteiger partial charge in [0, 0.05) is 29.3 Å². The number of nitrogens with two attached hydrogens (primary N) is 1. The number of hydrogen-bond donors (Lipinski definition) is 1. The summed E-state index contributed by atoms with van der Waals surface area (Å²) in [5.41, 5.74) is 5.90. The smallest absolute Gasteiger partial charge is 0.371 e. The van der Waals surface area contributed by atoms with Gasteiger partial charge in [0.25, 0.3) is 0 Å². The van der Waals surface area contributed by atoms with E-state index in [1.807, 2.05) is 11.8 Å². The Hall–Kier alpha value is -0.750. The van der Waals surface area contributed by atoms with Crippen LogP contribution >= 0.6 is 15.9 Å². The van der Waals surface area contributed by atoms with E-state index in [4.69, 9.17) is 5.73 Å². The lowest BCUT2D eigenvalue weighted by molar-refractivity contribution is -0.137. The SMILES string of the molecule is CC1CN(c2cc(Br)cc(C(F)(F)F)c2)CCC1N. The maximum atomic E-state index is 12.8. The van der Waals surface area contributed by atoms with Crippen molar-refractivity contribution in [3.05, 3.63) is 28.2 Å². The molecule has 2 rings (SSSR count). The van der Waals surface area contributed by atoms with Crippen LogP contribution in [0, 0.1) is 5.92 Å². The first-order chi connectivity index (χ1) is 8.77. The molecule has 0 amide bonds. The molecule has 1 aliphatic rings. The Kier molecular flexibility index (Phi) is 4.11. The van der Waals surface area contributed by atoms with Crippen molar-refractivity contribution in [1.29, 1.82) is 0 Å². The molecule has 0 aromatic heterocycles. The standard InChI is InChI=1S/C13H16BrF3N2/c1-8-7-19(3-2-12(8)18)11-5-9(13(15,16)17)4-10(14)6-11/h4-6,8,12H,2-3,7,18H2,1H3. The van der Waals surface area contributed by atoms with Gasteiger partial charge in [-0.05, 0) is 30.5 Å². The van der Waals surface area contributed by atoms with Gasteiger partial charge in [-0.1, -0.05) is 22.9 Å². The van der Waals surface area contributed by atoms with E-state index in [0.717, 1.165) is 12.5 Å². The third-order valence-electron chi connectivity index (χ3n) is 3.55. The third kappa shape index (κ3) is 3.42. The number of benzene rings is 1. The quantitative estimate of drug-likeness (QED) is 0.848. The Bertz CT molecular complexity index is 462. The summed E-state index contributed by atoms with van der Waals surface area (Å²) in [5.74, 6) is 0.280. The summed E-state index contributed by atoms with van der Waals surface area (Å²) in [6, 6.07) is 4.15. The lowest BCUT2D eigenvalue weighted by Crippen LogP contribution is -2.46. The van der Waals surface area contributed by atoms with Crippen LogP contribution in [0.15, 0.2) is 22.7 Å². The van der Waals surface area contributed by atoms with Crippen LogP contribution in [0.2, 0.25) is 0 Å². The summed E-state index contributed by atoms with van der Waals surface area (Å²) in [6.07, 6.45) is -3.52. The minimum atomic E-state index is -4.32. The number of hydrogen-bond acceptors (Lipinski definition) is 2. The molecular weight excluding hydrogens is 321 g/mol. The highest BCUT2D eigenvalue weighted by molar-refractivity contribution is 9.10. The first kappa shape index (κ1) is 14.7. The van der Waals surface area contributed by atoms with Crippen molar-refractivity contribution in [3.63, 3.8) is 0 Å². The number of halogens is 4. The van der Waals surface area contributed by atoms with Crippen LogP contribution < -0.4 is 10.6 Å². The molecule has 19 heavy (non-hydrogen) atoms. The number of nitrogens with zero attached hydrogens (tertiary/aromatic N) is 1. The molecule has 106 valence electrons. The van der Waals surface area contributed by atoms with E-state index in [2.05, 4.69) is 15.9 Å². The van der Waals surface area contributed by atoms with Gasteiger partial charge in [-0.2, -0.15) is 13.2 Å². The Morgan fingerprint density at radius 2 is 2.00 bits per heavy atom. The largest absolute Gasteiger partial charge is 0.416 e. The van der Waals surface area contributed by atoms with E-state index in [1.54, 1.807) is 6.07 Å². The summed E-state index contributed by atoms with van der Waals surface area (Å²) >= 11 is 3.15. The molecule has 2 N–H and O–H groups in total. The van der Waals surface area contributed by atoms with Crippen molar-refractivity contribution in [2.24, 2.45) is 11.7 Å². The molecular formula is C13H16BrF3N2. The first-order valence-electron chi connectivity index (χ1n) is 6.15. The average molecular weight is 337 g/mol. The third-order valence-corrected chi connectivity index (χ3v) is 4.00. The second-order valence-electron chi connectivity index (χ2n) is 5.07. The fraction of sp³-hybridized carbons (Fsp3) is 0.538. The van der Waals surface area contributed by atoms with Crippen molar-refractivity contribution in [3.8, 4) is 0 Å². The number of rotatable bonds is 1. The van der Waals surface area contributed by atoms with Crippen molar-refractivity contribution >= 4 is 21.6 Å². The molecule has 1 aliphatic heterocycles. The van der Waals surface area contributed by atoms with Crippen molar-refractivity contribution in [2.75, 3.05) is 18.0 Å². The van der Waals surface area contributed by atoms with E-state index in [-0.39, 0.29) is 12.0 Å². The second-order valence-corrected chi connectivity index (χ2v) is 5.99. The van der Waals surface area contributed by atoms with E-state index < -0.39 is 11.7 Å². The lowest BCUT2D eigenvalue weighted by Gasteiger charge is -2.37. The van der Waals surface area contributed by atoms with E-state index in [9.17, 15) is 13.2 Å². The predicted octanol–water partition coefficient (Wildman–Crippen LogP) is 3.64. The van der Waals surface area contributed by atoms with Gasteiger partial charge >= 0.3 is 6.18 Å². The Balaban J connectivity index is 2.28. The van der Waals surface area contributed by atoms with E-state index in [0.29, 0.717) is 23.2 Å². The fourth-order valence-corrected chi connectivity index (χ4v) is 2.80. The first-order valence-corrected chi connectivity index (χ1v) is 6.95. The van der Waals surface area contributed by atoms with Crippen molar-refractivity contribution < 1.29 is 13.2 Å². The molecule has 1 saturated heterocycles. The molecule has 0 bridgehead atoms. The molecule has 6 heteroatoms. The minimum absolute atomic E-state index is 0.130. The maximum Gasteiger partial charge on any atom is 0.416 e. The summed E-state index contributed by atoms with van der Waals surface area (Å²) in [6.45, 7) is 3.41. The molecule has 1 aromatic rings. The molecule has 0 radical (unpaired) electrons. The predicted molar refractivity (Wildman–Crippen MR) is 73.1 cm³/mol. The Morgan fingerprint density at radius 3 is 2.58 bits per heavy atom. The Morgan fingerprint density at radius 1 is 1.32 bits per heavy atom. The van der Waals surface area contributed by atoms with Gasteiger partial charge in [-0.15, -0.1) is 0 Å². The fourth-order valence-electron chi connectivity index (χ4n) is 2.32. The lowest BCUT2D eigenvalue weighted by atomic mass is 9.94. The highest BCUT2D eigenvalue weighted by Gasteiger charge is 2.32. The normalized spacial score (nSPS) is 24.6. The van der Waals surface area contributed by atoms with E-state index in [1.165, 1.54) is 6.07 Å². The summed E-state index contributed by atoms with van der Waals surface area (Å²) in [4.78, 5) is 1.97. The van der Waals surface area contributed by atoms with Crippen molar-refractivity contribution in [1.82, 2.24) is 0 Å². The van der Waals surface area contributed by atoms with Crippen LogP contribution in [0.5, 0.6) is 0 Å². The van der Waals surface area contributed by atoms with E-state index >= 15 is 0 Å². The van der Waals surface area contributed by atoms with Crippen LogP contribution in [0.25, 0.3) is 0 Å². The molecule has 0 spiro atoms. The van der Waals surface area contributed by atoms with Gasteiger partial charge in [0.1, 0.15) is 0 Å². The molecule has 2 unspecified atom stereocenters.